The van der Waals surface area contributed by atoms with E-state index in [1.165, 1.54) is 19.1 Å². The zero-order valence-electron chi connectivity index (χ0n) is 12.4. The first-order chi connectivity index (χ1) is 11.4. The summed E-state index contributed by atoms with van der Waals surface area (Å²) < 4.78 is 9.58. The number of nitrogens with one attached hydrogen (secondary N) is 1. The van der Waals surface area contributed by atoms with Crippen molar-refractivity contribution < 1.29 is 23.7 Å². The average Bonchev–Trinajstić information content (AvgIpc) is 3.05. The second-order valence-electron chi connectivity index (χ2n) is 4.59. The Kier molecular flexibility index (Phi) is 4.91. The Labute approximate surface area is 135 Å². The lowest BCUT2D eigenvalue weighted by Crippen LogP contribution is -2.30. The standard InChI is InChI=1S/C15H11N3O6/c1-9(14(19)17-11-5-3-2-4-10(11)8-16)23-15(20)12-6-7-13(24-12)18(21)22/h2-7,9H,1H3,(H,17,19)/t9-/m1/s1. The molecule has 1 aromatic heterocycles. The normalized spacial score (nSPS) is 11.2. The van der Waals surface area contributed by atoms with Crippen LogP contribution in [-0.2, 0) is 9.53 Å². The smallest absolute Gasteiger partial charge is 0.433 e. The Balaban J connectivity index is 2.01. The van der Waals surface area contributed by atoms with Crippen LogP contribution in [0.1, 0.15) is 23.0 Å². The molecule has 0 aliphatic carbocycles. The molecule has 1 amide bonds. The van der Waals surface area contributed by atoms with Crippen molar-refractivity contribution in [2.24, 2.45) is 0 Å². The molecular formula is C15H11N3O6. The van der Waals surface area contributed by atoms with Gasteiger partial charge in [0.15, 0.2) is 6.10 Å². The maximum Gasteiger partial charge on any atom is 0.433 e. The van der Waals surface area contributed by atoms with E-state index in [1.807, 2.05) is 6.07 Å². The Morgan fingerprint density at radius 2 is 2.04 bits per heavy atom. The van der Waals surface area contributed by atoms with Crippen LogP contribution in [-0.4, -0.2) is 22.9 Å². The fourth-order valence-electron chi connectivity index (χ4n) is 1.73. The molecule has 0 saturated carbocycles. The van der Waals surface area contributed by atoms with Gasteiger partial charge < -0.3 is 14.5 Å². The average molecular weight is 329 g/mol. The zero-order valence-corrected chi connectivity index (χ0v) is 12.4. The van der Waals surface area contributed by atoms with Gasteiger partial charge >= 0.3 is 11.9 Å². The van der Waals surface area contributed by atoms with Gasteiger partial charge in [-0.25, -0.2) is 4.79 Å². The molecule has 24 heavy (non-hydrogen) atoms. The Hall–Kier alpha value is -3.67. The first-order valence-electron chi connectivity index (χ1n) is 6.67. The van der Waals surface area contributed by atoms with E-state index in [-0.39, 0.29) is 11.3 Å². The van der Waals surface area contributed by atoms with E-state index in [0.29, 0.717) is 0 Å². The minimum atomic E-state index is -1.20. The van der Waals surface area contributed by atoms with Crippen LogP contribution < -0.4 is 5.32 Å². The van der Waals surface area contributed by atoms with E-state index in [1.54, 1.807) is 12.1 Å². The van der Waals surface area contributed by atoms with Crippen LogP contribution in [0.25, 0.3) is 0 Å². The molecule has 0 aliphatic heterocycles. The number of carbonyl (C=O) groups is 2. The van der Waals surface area contributed by atoms with Gasteiger partial charge in [0, 0.05) is 0 Å². The Morgan fingerprint density at radius 1 is 1.33 bits per heavy atom. The Morgan fingerprint density at radius 3 is 2.67 bits per heavy atom. The highest BCUT2D eigenvalue weighted by Gasteiger charge is 2.23. The van der Waals surface area contributed by atoms with E-state index < -0.39 is 34.5 Å². The van der Waals surface area contributed by atoms with Gasteiger partial charge in [-0.1, -0.05) is 12.1 Å². The van der Waals surface area contributed by atoms with Crippen LogP contribution in [0.15, 0.2) is 40.8 Å². The lowest BCUT2D eigenvalue weighted by Gasteiger charge is -2.13. The number of esters is 1. The molecule has 9 heteroatoms. The molecule has 1 N–H and O–H groups in total. The third-order valence-corrected chi connectivity index (χ3v) is 2.93. The third-order valence-electron chi connectivity index (χ3n) is 2.93. The number of carbonyl (C=O) groups excluding carboxylic acids is 2. The second-order valence-corrected chi connectivity index (χ2v) is 4.59. The molecule has 0 saturated heterocycles. The van der Waals surface area contributed by atoms with Crippen LogP contribution in [0.2, 0.25) is 0 Å². The van der Waals surface area contributed by atoms with Gasteiger partial charge in [0.05, 0.1) is 17.3 Å². The van der Waals surface area contributed by atoms with E-state index in [0.717, 1.165) is 12.1 Å². The van der Waals surface area contributed by atoms with E-state index >= 15 is 0 Å². The second kappa shape index (κ2) is 7.06. The van der Waals surface area contributed by atoms with Crippen LogP contribution in [0, 0.1) is 21.4 Å². The van der Waals surface area contributed by atoms with Gasteiger partial charge in [-0.2, -0.15) is 5.26 Å². The van der Waals surface area contributed by atoms with Crippen molar-refractivity contribution in [2.75, 3.05) is 5.32 Å². The fraction of sp³-hybridized carbons (Fsp3) is 0.133. The number of ether oxygens (including phenoxy) is 1. The number of rotatable bonds is 5. The molecular weight excluding hydrogens is 318 g/mol. The number of hydrogen-bond acceptors (Lipinski definition) is 7. The van der Waals surface area contributed by atoms with Crippen molar-refractivity contribution in [3.05, 3.63) is 57.8 Å². The summed E-state index contributed by atoms with van der Waals surface area (Å²) in [7, 11) is 0. The molecule has 0 radical (unpaired) electrons. The number of benzene rings is 1. The molecule has 2 rings (SSSR count). The largest absolute Gasteiger partial charge is 0.447 e. The Bertz CT molecular complexity index is 836. The molecule has 2 aromatic rings. The van der Waals surface area contributed by atoms with Crippen LogP contribution in [0.5, 0.6) is 0 Å². The number of nitrogens with zero attached hydrogens (tertiary/aromatic N) is 2. The first-order valence-corrected chi connectivity index (χ1v) is 6.67. The van der Waals surface area contributed by atoms with Gasteiger partial charge in [0.25, 0.3) is 5.91 Å². The first kappa shape index (κ1) is 16.7. The van der Waals surface area contributed by atoms with Crippen LogP contribution in [0.3, 0.4) is 0 Å². The summed E-state index contributed by atoms with van der Waals surface area (Å²) in [5, 5.41) is 21.9. The maximum absolute atomic E-state index is 12.0. The SMILES string of the molecule is C[C@@H](OC(=O)c1ccc([N+](=O)[O-])o1)C(=O)Nc1ccccc1C#N. The van der Waals surface area contributed by atoms with Crippen molar-refractivity contribution in [1.29, 1.82) is 5.26 Å². The van der Waals surface area contributed by atoms with Crippen molar-refractivity contribution >= 4 is 23.4 Å². The van der Waals surface area contributed by atoms with Crippen molar-refractivity contribution in [1.82, 2.24) is 0 Å². The highest BCUT2D eigenvalue weighted by atomic mass is 16.7. The summed E-state index contributed by atoms with van der Waals surface area (Å²) in [6.45, 7) is 1.32. The van der Waals surface area contributed by atoms with Crippen molar-refractivity contribution in [3.63, 3.8) is 0 Å². The molecule has 0 aliphatic rings. The van der Waals surface area contributed by atoms with E-state index in [4.69, 9.17) is 14.4 Å². The highest BCUT2D eigenvalue weighted by molar-refractivity contribution is 5.97. The van der Waals surface area contributed by atoms with E-state index in [2.05, 4.69) is 5.32 Å². The molecule has 1 atom stereocenters. The monoisotopic (exact) mass is 329 g/mol. The number of amides is 1. The minimum absolute atomic E-state index is 0.256. The predicted molar refractivity (Wildman–Crippen MR) is 80.0 cm³/mol. The van der Waals surface area contributed by atoms with Crippen LogP contribution in [0.4, 0.5) is 11.6 Å². The summed E-state index contributed by atoms with van der Waals surface area (Å²) in [5.41, 5.74) is 0.535. The molecule has 0 fully saturated rings. The quantitative estimate of drug-likeness (QED) is 0.504. The lowest BCUT2D eigenvalue weighted by molar-refractivity contribution is -0.402. The number of hydrogen-bond donors (Lipinski definition) is 1. The van der Waals surface area contributed by atoms with Gasteiger partial charge in [-0.3, -0.25) is 14.9 Å². The molecule has 1 aromatic carbocycles. The summed E-state index contributed by atoms with van der Waals surface area (Å²) in [5.74, 6) is -2.67. The molecule has 0 bridgehead atoms. The number of anilines is 1. The fourth-order valence-corrected chi connectivity index (χ4v) is 1.73. The van der Waals surface area contributed by atoms with Gasteiger partial charge in [-0.05, 0) is 25.1 Å². The van der Waals surface area contributed by atoms with Gasteiger partial charge in [-0.15, -0.1) is 0 Å². The number of para-hydroxylation sites is 1. The lowest BCUT2D eigenvalue weighted by atomic mass is 10.2. The third kappa shape index (κ3) is 3.75. The van der Waals surface area contributed by atoms with Gasteiger partial charge in [0.2, 0.25) is 5.76 Å². The molecule has 9 nitrogen and oxygen atoms in total. The topological polar surface area (TPSA) is 135 Å². The molecule has 1 heterocycles. The van der Waals surface area contributed by atoms with Crippen LogP contribution >= 0.6 is 0 Å². The molecule has 0 unspecified atom stereocenters. The molecule has 0 spiro atoms. The van der Waals surface area contributed by atoms with Gasteiger partial charge in [0.1, 0.15) is 11.0 Å². The van der Waals surface area contributed by atoms with Crippen molar-refractivity contribution in [2.45, 2.75) is 13.0 Å². The highest BCUT2D eigenvalue weighted by Crippen LogP contribution is 2.18. The summed E-state index contributed by atoms with van der Waals surface area (Å²) >= 11 is 0. The predicted octanol–water partition coefficient (Wildman–Crippen LogP) is 2.24. The number of nitro groups is 1. The summed E-state index contributed by atoms with van der Waals surface area (Å²) in [6, 6.07) is 10.3. The minimum Gasteiger partial charge on any atom is -0.447 e. The number of nitriles is 1. The zero-order chi connectivity index (χ0) is 17.7. The molecule has 122 valence electrons. The van der Waals surface area contributed by atoms with E-state index in [9.17, 15) is 19.7 Å². The van der Waals surface area contributed by atoms with Crippen molar-refractivity contribution in [3.8, 4) is 6.07 Å². The summed E-state index contributed by atoms with van der Waals surface area (Å²) in [6.07, 6.45) is -1.20. The number of furan rings is 1. The maximum atomic E-state index is 12.0. The summed E-state index contributed by atoms with van der Waals surface area (Å²) in [4.78, 5) is 33.5.